The fraction of sp³-hybridized carbons (Fsp3) is 0.875. The van der Waals surface area contributed by atoms with Gasteiger partial charge in [0.25, 0.3) is 0 Å². The molecule has 0 rings (SSSR count). The van der Waals surface area contributed by atoms with E-state index in [4.69, 9.17) is 5.11 Å². The summed E-state index contributed by atoms with van der Waals surface area (Å²) < 4.78 is 0. The monoisotopic (exact) mass is 398 g/mol. The van der Waals surface area contributed by atoms with Crippen LogP contribution in [0.25, 0.3) is 0 Å². The highest BCUT2D eigenvalue weighted by atomic mass is 16.4. The Morgan fingerprint density at radius 1 is 0.714 bits per heavy atom. The maximum absolute atomic E-state index is 10.4. The quantitative estimate of drug-likeness (QED) is 0.155. The molecule has 4 heteroatoms. The van der Waals surface area contributed by atoms with Crippen molar-refractivity contribution in [2.45, 2.75) is 135 Å². The Hall–Kier alpha value is -0.870. The molecule has 2 atom stereocenters. The van der Waals surface area contributed by atoms with Crippen LogP contribution in [0.1, 0.15) is 122 Å². The lowest BCUT2D eigenvalue weighted by Gasteiger charge is -2.10. The van der Waals surface area contributed by atoms with E-state index in [1.165, 1.54) is 44.9 Å². The van der Waals surface area contributed by atoms with Crippen molar-refractivity contribution in [1.29, 1.82) is 0 Å². The Morgan fingerprint density at radius 3 is 1.89 bits per heavy atom. The second kappa shape index (κ2) is 20.9. The lowest BCUT2D eigenvalue weighted by atomic mass is 10.0. The molecule has 0 aromatic rings. The number of allylic oxidation sites excluding steroid dienone is 1. The molecule has 0 spiro atoms. The Morgan fingerprint density at radius 2 is 1.25 bits per heavy atom. The van der Waals surface area contributed by atoms with Gasteiger partial charge in [0.05, 0.1) is 12.2 Å². The van der Waals surface area contributed by atoms with E-state index in [0.717, 1.165) is 57.8 Å². The first-order chi connectivity index (χ1) is 13.6. The summed E-state index contributed by atoms with van der Waals surface area (Å²) in [4.78, 5) is 10.4. The van der Waals surface area contributed by atoms with Gasteiger partial charge in [-0.05, 0) is 44.9 Å². The van der Waals surface area contributed by atoms with Gasteiger partial charge < -0.3 is 15.3 Å². The maximum Gasteiger partial charge on any atom is 0.303 e. The molecule has 0 saturated heterocycles. The SMILES string of the molecule is CCCCCCC(O)CC=CCCCCCCCC(O)CCCCCC(=O)O. The number of hydrogen-bond acceptors (Lipinski definition) is 3. The van der Waals surface area contributed by atoms with Gasteiger partial charge in [-0.3, -0.25) is 4.79 Å². The Balaban J connectivity index is 3.32. The number of aliphatic carboxylic acids is 1. The van der Waals surface area contributed by atoms with Crippen LogP contribution in [0.3, 0.4) is 0 Å². The molecule has 3 N–H and O–H groups in total. The van der Waals surface area contributed by atoms with E-state index >= 15 is 0 Å². The summed E-state index contributed by atoms with van der Waals surface area (Å²) in [6, 6.07) is 0. The first kappa shape index (κ1) is 27.1. The zero-order valence-electron chi connectivity index (χ0n) is 18.3. The maximum atomic E-state index is 10.4. The fourth-order valence-corrected chi connectivity index (χ4v) is 3.45. The molecule has 0 aliphatic carbocycles. The molecule has 28 heavy (non-hydrogen) atoms. The van der Waals surface area contributed by atoms with Crippen LogP contribution in [0.4, 0.5) is 0 Å². The molecule has 0 fully saturated rings. The third kappa shape index (κ3) is 21.4. The number of carbonyl (C=O) groups is 1. The minimum atomic E-state index is -0.730. The van der Waals surface area contributed by atoms with Gasteiger partial charge in [-0.15, -0.1) is 0 Å². The van der Waals surface area contributed by atoms with Crippen molar-refractivity contribution in [3.05, 3.63) is 12.2 Å². The van der Waals surface area contributed by atoms with Crippen LogP contribution in [-0.2, 0) is 4.79 Å². The standard InChI is InChI=1S/C24H46O4/c1-2-3-4-12-17-22(25)18-13-9-7-5-6-8-10-14-19-23(26)20-15-11-16-21-24(27)28/h9,13,22-23,25-26H,2-8,10-12,14-21H2,1H3,(H,27,28). The van der Waals surface area contributed by atoms with E-state index in [9.17, 15) is 15.0 Å². The Labute approximate surface area is 173 Å². The zero-order valence-corrected chi connectivity index (χ0v) is 18.3. The van der Waals surface area contributed by atoms with Crippen molar-refractivity contribution in [3.63, 3.8) is 0 Å². The number of unbranched alkanes of at least 4 members (excludes halogenated alkanes) is 10. The summed E-state index contributed by atoms with van der Waals surface area (Å²) in [7, 11) is 0. The normalized spacial score (nSPS) is 13.8. The molecule has 0 heterocycles. The second-order valence-corrected chi connectivity index (χ2v) is 8.20. The van der Waals surface area contributed by atoms with Gasteiger partial charge in [0.2, 0.25) is 0 Å². The highest BCUT2D eigenvalue weighted by Gasteiger charge is 2.04. The second-order valence-electron chi connectivity index (χ2n) is 8.20. The summed E-state index contributed by atoms with van der Waals surface area (Å²) in [5.41, 5.74) is 0. The number of hydrogen-bond donors (Lipinski definition) is 3. The number of carboxylic acid groups (broad SMARTS) is 1. The summed E-state index contributed by atoms with van der Waals surface area (Å²) in [5.74, 6) is -0.730. The smallest absolute Gasteiger partial charge is 0.303 e. The molecule has 2 unspecified atom stereocenters. The van der Waals surface area contributed by atoms with Gasteiger partial charge in [0, 0.05) is 6.42 Å². The number of aliphatic hydroxyl groups is 2. The molecular weight excluding hydrogens is 352 g/mol. The lowest BCUT2D eigenvalue weighted by molar-refractivity contribution is -0.137. The fourth-order valence-electron chi connectivity index (χ4n) is 3.45. The van der Waals surface area contributed by atoms with Gasteiger partial charge in [-0.2, -0.15) is 0 Å². The first-order valence-corrected chi connectivity index (χ1v) is 11.8. The molecule has 0 aromatic carbocycles. The molecule has 0 radical (unpaired) electrons. The summed E-state index contributed by atoms with van der Waals surface area (Å²) in [5, 5.41) is 28.4. The molecular formula is C24H46O4. The van der Waals surface area contributed by atoms with Crippen molar-refractivity contribution >= 4 is 5.97 Å². The van der Waals surface area contributed by atoms with Gasteiger partial charge in [0.1, 0.15) is 0 Å². The van der Waals surface area contributed by atoms with Crippen LogP contribution in [-0.4, -0.2) is 33.5 Å². The molecule has 0 amide bonds. The highest BCUT2D eigenvalue weighted by Crippen LogP contribution is 2.14. The zero-order chi connectivity index (χ0) is 20.9. The van der Waals surface area contributed by atoms with Gasteiger partial charge >= 0.3 is 5.97 Å². The minimum absolute atomic E-state index is 0.170. The molecule has 0 aliphatic rings. The third-order valence-corrected chi connectivity index (χ3v) is 5.30. The molecule has 0 bridgehead atoms. The summed E-state index contributed by atoms with van der Waals surface area (Å²) >= 11 is 0. The van der Waals surface area contributed by atoms with E-state index in [0.29, 0.717) is 6.42 Å². The van der Waals surface area contributed by atoms with Crippen LogP contribution in [0.2, 0.25) is 0 Å². The summed E-state index contributed by atoms with van der Waals surface area (Å²) in [6.07, 6.45) is 22.0. The van der Waals surface area contributed by atoms with Crippen molar-refractivity contribution in [2.24, 2.45) is 0 Å². The van der Waals surface area contributed by atoms with Gasteiger partial charge in [-0.25, -0.2) is 0 Å². The largest absolute Gasteiger partial charge is 0.481 e. The van der Waals surface area contributed by atoms with Gasteiger partial charge in [0.15, 0.2) is 0 Å². The van der Waals surface area contributed by atoms with Crippen LogP contribution < -0.4 is 0 Å². The van der Waals surface area contributed by atoms with Crippen LogP contribution in [0, 0.1) is 0 Å². The highest BCUT2D eigenvalue weighted by molar-refractivity contribution is 5.66. The molecule has 0 aromatic heterocycles. The van der Waals surface area contributed by atoms with E-state index < -0.39 is 5.97 Å². The number of carboxylic acids is 1. The predicted molar refractivity (Wildman–Crippen MR) is 118 cm³/mol. The van der Waals surface area contributed by atoms with Crippen LogP contribution >= 0.6 is 0 Å². The van der Waals surface area contributed by atoms with E-state index in [-0.39, 0.29) is 18.6 Å². The summed E-state index contributed by atoms with van der Waals surface area (Å²) in [6.45, 7) is 2.21. The predicted octanol–water partition coefficient (Wildman–Crippen LogP) is 6.39. The Kier molecular flexibility index (Phi) is 20.2. The Bertz CT molecular complexity index is 368. The topological polar surface area (TPSA) is 77.8 Å². The average Bonchev–Trinajstić information content (AvgIpc) is 2.66. The third-order valence-electron chi connectivity index (χ3n) is 5.30. The molecule has 166 valence electrons. The van der Waals surface area contributed by atoms with E-state index in [2.05, 4.69) is 19.1 Å². The molecule has 0 saturated carbocycles. The first-order valence-electron chi connectivity index (χ1n) is 11.8. The molecule has 4 nitrogen and oxygen atoms in total. The van der Waals surface area contributed by atoms with Crippen LogP contribution in [0.15, 0.2) is 12.2 Å². The number of aliphatic hydroxyl groups excluding tert-OH is 2. The minimum Gasteiger partial charge on any atom is -0.481 e. The average molecular weight is 399 g/mol. The van der Waals surface area contributed by atoms with Crippen molar-refractivity contribution < 1.29 is 20.1 Å². The van der Waals surface area contributed by atoms with Crippen molar-refractivity contribution in [3.8, 4) is 0 Å². The van der Waals surface area contributed by atoms with Crippen LogP contribution in [0.5, 0.6) is 0 Å². The number of rotatable bonds is 21. The molecule has 0 aliphatic heterocycles. The lowest BCUT2D eigenvalue weighted by Crippen LogP contribution is -2.06. The van der Waals surface area contributed by atoms with Crippen molar-refractivity contribution in [1.82, 2.24) is 0 Å². The van der Waals surface area contributed by atoms with Gasteiger partial charge in [-0.1, -0.05) is 83.3 Å². The van der Waals surface area contributed by atoms with Crippen molar-refractivity contribution in [2.75, 3.05) is 0 Å². The van der Waals surface area contributed by atoms with E-state index in [1.54, 1.807) is 0 Å². The van der Waals surface area contributed by atoms with E-state index in [1.807, 2.05) is 0 Å².